The minimum atomic E-state index is -1.21. The number of carbonyl (C=O) groups is 3. The summed E-state index contributed by atoms with van der Waals surface area (Å²) in [7, 11) is 0. The summed E-state index contributed by atoms with van der Waals surface area (Å²) >= 11 is 0. The lowest BCUT2D eigenvalue weighted by molar-refractivity contribution is -0.149. The molecule has 2 unspecified atom stereocenters. The number of carbonyl (C=O) groups excluding carboxylic acids is 1. The van der Waals surface area contributed by atoms with Gasteiger partial charge in [0.25, 0.3) is 0 Å². The van der Waals surface area contributed by atoms with Crippen LogP contribution >= 0.6 is 0 Å². The second-order valence-corrected chi connectivity index (χ2v) is 4.09. The fourth-order valence-electron chi connectivity index (χ4n) is 1.90. The summed E-state index contributed by atoms with van der Waals surface area (Å²) in [6, 6.07) is -1.12. The van der Waals surface area contributed by atoms with Crippen molar-refractivity contribution in [2.24, 2.45) is 5.92 Å². The average Bonchev–Trinajstić information content (AvgIpc) is 2.59. The highest BCUT2D eigenvalue weighted by Gasteiger charge is 2.37. The van der Waals surface area contributed by atoms with Crippen LogP contribution in [-0.2, 0) is 14.4 Å². The topological polar surface area (TPSA) is 115 Å². The van der Waals surface area contributed by atoms with Crippen molar-refractivity contribution in [3.63, 3.8) is 0 Å². The van der Waals surface area contributed by atoms with Crippen LogP contribution in [0.25, 0.3) is 0 Å². The third-order valence-corrected chi connectivity index (χ3v) is 2.79. The van der Waals surface area contributed by atoms with Gasteiger partial charge in [-0.25, -0.2) is 4.79 Å². The number of nitrogens with zero attached hydrogens (tertiary/aromatic N) is 1. The second-order valence-electron chi connectivity index (χ2n) is 4.09. The first kappa shape index (κ1) is 13.4. The van der Waals surface area contributed by atoms with Crippen molar-refractivity contribution in [1.82, 2.24) is 4.90 Å². The molecule has 1 saturated heterocycles. The number of carboxylic acids is 2. The van der Waals surface area contributed by atoms with E-state index in [2.05, 4.69) is 0 Å². The van der Waals surface area contributed by atoms with Crippen LogP contribution in [0.4, 0.5) is 0 Å². The molecule has 7 heteroatoms. The standard InChI is InChI=1S/C10H15NO6/c12-5-6-3-8(13)11(4-6)7(10(16)17)1-2-9(14)15/h6-7,12H,1-5H2,(H,14,15)(H,16,17). The monoisotopic (exact) mass is 245 g/mol. The Hall–Kier alpha value is -1.63. The molecule has 7 nitrogen and oxygen atoms in total. The summed E-state index contributed by atoms with van der Waals surface area (Å²) in [6.07, 6.45) is -0.299. The smallest absolute Gasteiger partial charge is 0.326 e. The van der Waals surface area contributed by atoms with E-state index in [9.17, 15) is 14.4 Å². The van der Waals surface area contributed by atoms with Crippen molar-refractivity contribution in [2.45, 2.75) is 25.3 Å². The van der Waals surface area contributed by atoms with Crippen LogP contribution in [0.15, 0.2) is 0 Å². The number of amides is 1. The van der Waals surface area contributed by atoms with Gasteiger partial charge in [0, 0.05) is 31.9 Å². The van der Waals surface area contributed by atoms with E-state index in [1.165, 1.54) is 0 Å². The molecule has 1 rings (SSSR count). The fraction of sp³-hybridized carbons (Fsp3) is 0.700. The summed E-state index contributed by atoms with van der Waals surface area (Å²) in [4.78, 5) is 34.1. The van der Waals surface area contributed by atoms with Gasteiger partial charge in [-0.1, -0.05) is 0 Å². The normalized spacial score (nSPS) is 21.6. The van der Waals surface area contributed by atoms with E-state index in [4.69, 9.17) is 15.3 Å². The lowest BCUT2D eigenvalue weighted by atomic mass is 10.1. The Bertz CT molecular complexity index is 329. The largest absolute Gasteiger partial charge is 0.481 e. The predicted octanol–water partition coefficient (Wildman–Crippen LogP) is -0.855. The maximum absolute atomic E-state index is 11.5. The van der Waals surface area contributed by atoms with E-state index in [1.807, 2.05) is 0 Å². The van der Waals surface area contributed by atoms with Gasteiger partial charge in [0.1, 0.15) is 6.04 Å². The number of hydrogen-bond donors (Lipinski definition) is 3. The minimum absolute atomic E-state index is 0.117. The zero-order chi connectivity index (χ0) is 13.0. The molecule has 2 atom stereocenters. The Morgan fingerprint density at radius 2 is 2.06 bits per heavy atom. The molecule has 0 radical (unpaired) electrons. The number of likely N-dealkylation sites (tertiary alicyclic amines) is 1. The molecule has 1 heterocycles. The van der Waals surface area contributed by atoms with Gasteiger partial charge in [-0.15, -0.1) is 0 Å². The van der Waals surface area contributed by atoms with Crippen molar-refractivity contribution >= 4 is 17.8 Å². The first-order valence-corrected chi connectivity index (χ1v) is 5.30. The lowest BCUT2D eigenvalue weighted by Crippen LogP contribution is -2.42. The van der Waals surface area contributed by atoms with E-state index in [0.29, 0.717) is 0 Å². The van der Waals surface area contributed by atoms with Crippen LogP contribution in [0.3, 0.4) is 0 Å². The molecule has 1 fully saturated rings. The van der Waals surface area contributed by atoms with Gasteiger partial charge in [-0.05, 0) is 6.42 Å². The van der Waals surface area contributed by atoms with Gasteiger partial charge in [-0.2, -0.15) is 0 Å². The SMILES string of the molecule is O=C(O)CCC(C(=O)O)N1CC(CO)CC1=O. The number of aliphatic hydroxyl groups is 1. The molecule has 1 aliphatic rings. The maximum atomic E-state index is 11.5. The Morgan fingerprint density at radius 3 is 2.47 bits per heavy atom. The van der Waals surface area contributed by atoms with Crippen LogP contribution in [0.5, 0.6) is 0 Å². The van der Waals surface area contributed by atoms with Crippen molar-refractivity contribution in [3.8, 4) is 0 Å². The lowest BCUT2D eigenvalue weighted by Gasteiger charge is -2.24. The molecule has 1 amide bonds. The number of hydrogen-bond acceptors (Lipinski definition) is 4. The summed E-state index contributed by atoms with van der Waals surface area (Å²) in [6.45, 7) is -0.000567. The fourth-order valence-corrected chi connectivity index (χ4v) is 1.90. The number of carboxylic acid groups (broad SMARTS) is 2. The Balaban J connectivity index is 2.67. The molecular weight excluding hydrogens is 230 g/mol. The molecule has 0 aromatic heterocycles. The quantitative estimate of drug-likeness (QED) is 0.561. The second kappa shape index (κ2) is 5.62. The van der Waals surface area contributed by atoms with E-state index in [-0.39, 0.29) is 44.2 Å². The van der Waals surface area contributed by atoms with E-state index >= 15 is 0 Å². The predicted molar refractivity (Wildman–Crippen MR) is 55.2 cm³/mol. The number of rotatable bonds is 6. The van der Waals surface area contributed by atoms with Gasteiger partial charge in [0.2, 0.25) is 5.91 Å². The van der Waals surface area contributed by atoms with Gasteiger partial charge < -0.3 is 20.2 Å². The van der Waals surface area contributed by atoms with Gasteiger partial charge in [0.15, 0.2) is 0 Å². The van der Waals surface area contributed by atoms with Crippen LogP contribution in [0, 0.1) is 5.92 Å². The Labute approximate surface area is 97.6 Å². The van der Waals surface area contributed by atoms with Gasteiger partial charge >= 0.3 is 11.9 Å². The molecule has 0 saturated carbocycles. The highest BCUT2D eigenvalue weighted by Crippen LogP contribution is 2.22. The van der Waals surface area contributed by atoms with Crippen LogP contribution < -0.4 is 0 Å². The average molecular weight is 245 g/mol. The Morgan fingerprint density at radius 1 is 1.41 bits per heavy atom. The van der Waals surface area contributed by atoms with Gasteiger partial charge in [0.05, 0.1) is 0 Å². The summed E-state index contributed by atoms with van der Waals surface area (Å²) < 4.78 is 0. The van der Waals surface area contributed by atoms with Crippen LogP contribution in [0.1, 0.15) is 19.3 Å². The summed E-state index contributed by atoms with van der Waals surface area (Å²) in [5, 5.41) is 26.4. The van der Waals surface area contributed by atoms with Crippen molar-refractivity contribution in [1.29, 1.82) is 0 Å². The van der Waals surface area contributed by atoms with Crippen molar-refractivity contribution < 1.29 is 29.7 Å². The first-order chi connectivity index (χ1) is 7.95. The van der Waals surface area contributed by atoms with Gasteiger partial charge in [-0.3, -0.25) is 9.59 Å². The molecule has 96 valence electrons. The zero-order valence-corrected chi connectivity index (χ0v) is 9.20. The van der Waals surface area contributed by atoms with Crippen LogP contribution in [-0.4, -0.2) is 57.3 Å². The summed E-state index contributed by atoms with van der Waals surface area (Å²) in [5.74, 6) is -2.91. The molecule has 0 bridgehead atoms. The van der Waals surface area contributed by atoms with Crippen LogP contribution in [0.2, 0.25) is 0 Å². The van der Waals surface area contributed by atoms with E-state index in [0.717, 1.165) is 4.90 Å². The molecule has 0 spiro atoms. The van der Waals surface area contributed by atoms with E-state index < -0.39 is 18.0 Å². The van der Waals surface area contributed by atoms with Crippen molar-refractivity contribution in [2.75, 3.05) is 13.2 Å². The molecular formula is C10H15NO6. The number of aliphatic carboxylic acids is 2. The maximum Gasteiger partial charge on any atom is 0.326 e. The number of aliphatic hydroxyl groups excluding tert-OH is 1. The molecule has 3 N–H and O–H groups in total. The summed E-state index contributed by atoms with van der Waals surface area (Å²) in [5.41, 5.74) is 0. The Kier molecular flexibility index (Phi) is 4.45. The third-order valence-electron chi connectivity index (χ3n) is 2.79. The minimum Gasteiger partial charge on any atom is -0.481 e. The zero-order valence-electron chi connectivity index (χ0n) is 9.20. The molecule has 0 aliphatic carbocycles. The molecule has 17 heavy (non-hydrogen) atoms. The highest BCUT2D eigenvalue weighted by atomic mass is 16.4. The third kappa shape index (κ3) is 3.42. The van der Waals surface area contributed by atoms with Crippen molar-refractivity contribution in [3.05, 3.63) is 0 Å². The van der Waals surface area contributed by atoms with E-state index in [1.54, 1.807) is 0 Å². The molecule has 0 aromatic carbocycles. The molecule has 1 aliphatic heterocycles. The first-order valence-electron chi connectivity index (χ1n) is 5.30. The molecule has 0 aromatic rings. The highest BCUT2D eigenvalue weighted by molar-refractivity contribution is 5.85.